The van der Waals surface area contributed by atoms with Crippen molar-refractivity contribution >= 4 is 11.6 Å². The van der Waals surface area contributed by atoms with Gasteiger partial charge in [0.05, 0.1) is 6.54 Å². The molecular formula is C23H32N4O. The first-order valence-electron chi connectivity index (χ1n) is 10.3. The molecule has 28 heavy (non-hydrogen) atoms. The van der Waals surface area contributed by atoms with Gasteiger partial charge in [-0.2, -0.15) is 0 Å². The van der Waals surface area contributed by atoms with Crippen molar-refractivity contribution < 1.29 is 5.11 Å². The zero-order chi connectivity index (χ0) is 19.6. The van der Waals surface area contributed by atoms with Crippen LogP contribution in [0.1, 0.15) is 30.9 Å². The van der Waals surface area contributed by atoms with Crippen LogP contribution >= 0.6 is 0 Å². The zero-order valence-electron chi connectivity index (χ0n) is 16.8. The van der Waals surface area contributed by atoms with Crippen LogP contribution in [0.5, 0.6) is 0 Å². The van der Waals surface area contributed by atoms with Gasteiger partial charge in [0.1, 0.15) is 0 Å². The van der Waals surface area contributed by atoms with Crippen LogP contribution in [0.25, 0.3) is 0 Å². The molecule has 0 amide bonds. The van der Waals surface area contributed by atoms with E-state index in [1.807, 2.05) is 18.2 Å². The van der Waals surface area contributed by atoms with E-state index >= 15 is 0 Å². The van der Waals surface area contributed by atoms with Crippen molar-refractivity contribution in [3.63, 3.8) is 0 Å². The van der Waals surface area contributed by atoms with Crippen LogP contribution in [0.2, 0.25) is 0 Å². The predicted octanol–water partition coefficient (Wildman–Crippen LogP) is 3.15. The van der Waals surface area contributed by atoms with E-state index < -0.39 is 0 Å². The molecule has 1 aliphatic heterocycles. The lowest BCUT2D eigenvalue weighted by atomic mass is 9.97. The lowest BCUT2D eigenvalue weighted by Gasteiger charge is -2.33. The number of piperidine rings is 1. The molecule has 2 aromatic rings. The predicted molar refractivity (Wildman–Crippen MR) is 117 cm³/mol. The molecular weight excluding hydrogens is 348 g/mol. The Balaban J connectivity index is 1.52. The highest BCUT2D eigenvalue weighted by molar-refractivity contribution is 5.79. The van der Waals surface area contributed by atoms with Gasteiger partial charge in [-0.15, -0.1) is 0 Å². The summed E-state index contributed by atoms with van der Waals surface area (Å²) in [4.78, 5) is 7.08. The zero-order valence-corrected chi connectivity index (χ0v) is 16.8. The van der Waals surface area contributed by atoms with Crippen molar-refractivity contribution in [2.45, 2.75) is 32.9 Å². The number of nitrogens with zero attached hydrogens (tertiary/aromatic N) is 2. The van der Waals surface area contributed by atoms with Crippen LogP contribution in [-0.4, -0.2) is 37.3 Å². The molecule has 1 aliphatic rings. The summed E-state index contributed by atoms with van der Waals surface area (Å²) < 4.78 is 0. The third-order valence-electron chi connectivity index (χ3n) is 5.24. The Bertz CT molecular complexity index is 722. The molecule has 5 nitrogen and oxygen atoms in total. The smallest absolute Gasteiger partial charge is 0.191 e. The summed E-state index contributed by atoms with van der Waals surface area (Å²) in [6.45, 7) is 6.70. The van der Waals surface area contributed by atoms with E-state index in [-0.39, 0.29) is 0 Å². The second-order valence-electron chi connectivity index (χ2n) is 7.31. The van der Waals surface area contributed by atoms with Crippen molar-refractivity contribution in [1.82, 2.24) is 10.6 Å². The fourth-order valence-electron chi connectivity index (χ4n) is 3.48. The van der Waals surface area contributed by atoms with Crippen LogP contribution < -0.4 is 15.5 Å². The van der Waals surface area contributed by atoms with E-state index in [2.05, 4.69) is 63.8 Å². The second-order valence-corrected chi connectivity index (χ2v) is 7.31. The first-order valence-corrected chi connectivity index (χ1v) is 10.3. The molecule has 0 aromatic heterocycles. The van der Waals surface area contributed by atoms with E-state index in [0.717, 1.165) is 45.0 Å². The first kappa shape index (κ1) is 20.2. The van der Waals surface area contributed by atoms with Gasteiger partial charge in [-0.3, -0.25) is 0 Å². The topological polar surface area (TPSA) is 59.9 Å². The Labute approximate surface area is 168 Å². The average Bonchev–Trinajstić information content (AvgIpc) is 2.77. The molecule has 150 valence electrons. The number of guanidine groups is 1. The average molecular weight is 381 g/mol. The fourth-order valence-corrected chi connectivity index (χ4v) is 3.48. The third kappa shape index (κ3) is 5.99. The summed E-state index contributed by atoms with van der Waals surface area (Å²) >= 11 is 0. The van der Waals surface area contributed by atoms with Gasteiger partial charge in [0.25, 0.3) is 0 Å². The summed E-state index contributed by atoms with van der Waals surface area (Å²) in [6.07, 6.45) is 2.15. The Morgan fingerprint density at radius 2 is 1.71 bits per heavy atom. The standard InChI is InChI=1S/C23H32N4O/c1-2-24-23(25-16-19-6-4-3-5-7-19)26-17-20-8-10-22(11-9-20)27-14-12-21(18-28)13-15-27/h3-11,21,28H,2,12-18H2,1H3,(H2,24,25,26). The molecule has 0 atom stereocenters. The molecule has 1 fully saturated rings. The SMILES string of the molecule is CCNC(=NCc1ccccc1)NCc1ccc(N2CCC(CO)CC2)cc1. The van der Waals surface area contributed by atoms with Crippen LogP contribution in [0.15, 0.2) is 59.6 Å². The molecule has 1 heterocycles. The summed E-state index contributed by atoms with van der Waals surface area (Å²) in [5.41, 5.74) is 3.71. The highest BCUT2D eigenvalue weighted by Gasteiger charge is 2.18. The minimum atomic E-state index is 0.318. The number of nitrogens with one attached hydrogen (secondary N) is 2. The fraction of sp³-hybridized carbons (Fsp3) is 0.435. The molecule has 3 N–H and O–H groups in total. The first-order chi connectivity index (χ1) is 13.8. The molecule has 2 aromatic carbocycles. The maximum Gasteiger partial charge on any atom is 0.191 e. The van der Waals surface area contributed by atoms with Gasteiger partial charge in [-0.1, -0.05) is 42.5 Å². The molecule has 0 saturated carbocycles. The number of hydrogen-bond donors (Lipinski definition) is 3. The number of aliphatic hydroxyl groups excluding tert-OH is 1. The number of aliphatic hydroxyl groups is 1. The van der Waals surface area contributed by atoms with Gasteiger partial charge in [0.2, 0.25) is 0 Å². The Hall–Kier alpha value is -2.53. The highest BCUT2D eigenvalue weighted by Crippen LogP contribution is 2.23. The van der Waals surface area contributed by atoms with Gasteiger partial charge in [0, 0.05) is 38.5 Å². The summed E-state index contributed by atoms with van der Waals surface area (Å²) in [6, 6.07) is 19.1. The summed E-state index contributed by atoms with van der Waals surface area (Å²) in [7, 11) is 0. The lowest BCUT2D eigenvalue weighted by Crippen LogP contribution is -2.36. The third-order valence-corrected chi connectivity index (χ3v) is 5.24. The molecule has 0 bridgehead atoms. The van der Waals surface area contributed by atoms with Crippen molar-refractivity contribution in [3.8, 4) is 0 Å². The Morgan fingerprint density at radius 1 is 1.00 bits per heavy atom. The molecule has 0 aliphatic carbocycles. The van der Waals surface area contributed by atoms with Crippen molar-refractivity contribution in [2.24, 2.45) is 10.9 Å². The van der Waals surface area contributed by atoms with E-state index in [1.165, 1.54) is 16.8 Å². The lowest BCUT2D eigenvalue weighted by molar-refractivity contribution is 0.203. The summed E-state index contributed by atoms with van der Waals surface area (Å²) in [5, 5.41) is 16.0. The number of benzene rings is 2. The molecule has 1 saturated heterocycles. The second kappa shape index (κ2) is 10.7. The van der Waals surface area contributed by atoms with Crippen molar-refractivity contribution in [3.05, 3.63) is 65.7 Å². The minimum absolute atomic E-state index is 0.318. The Morgan fingerprint density at radius 3 is 2.36 bits per heavy atom. The van der Waals surface area contributed by atoms with Crippen LogP contribution in [-0.2, 0) is 13.1 Å². The Kier molecular flexibility index (Phi) is 7.73. The van der Waals surface area contributed by atoms with Crippen molar-refractivity contribution in [1.29, 1.82) is 0 Å². The molecule has 0 spiro atoms. The number of hydrogen-bond acceptors (Lipinski definition) is 3. The van der Waals surface area contributed by atoms with Crippen LogP contribution in [0.4, 0.5) is 5.69 Å². The largest absolute Gasteiger partial charge is 0.396 e. The van der Waals surface area contributed by atoms with Crippen molar-refractivity contribution in [2.75, 3.05) is 31.1 Å². The van der Waals surface area contributed by atoms with E-state index in [9.17, 15) is 5.11 Å². The highest BCUT2D eigenvalue weighted by atomic mass is 16.3. The molecule has 0 unspecified atom stereocenters. The quantitative estimate of drug-likeness (QED) is 0.510. The van der Waals surface area contributed by atoms with Gasteiger partial charge >= 0.3 is 0 Å². The van der Waals surface area contributed by atoms with Gasteiger partial charge in [0.15, 0.2) is 5.96 Å². The van der Waals surface area contributed by atoms with E-state index in [0.29, 0.717) is 19.1 Å². The van der Waals surface area contributed by atoms with E-state index in [4.69, 9.17) is 0 Å². The maximum absolute atomic E-state index is 9.29. The normalized spacial score (nSPS) is 15.5. The molecule has 3 rings (SSSR count). The van der Waals surface area contributed by atoms with Gasteiger partial charge < -0.3 is 20.6 Å². The number of aliphatic imine (C=N–C) groups is 1. The summed E-state index contributed by atoms with van der Waals surface area (Å²) in [5.74, 6) is 1.31. The molecule has 0 radical (unpaired) electrons. The maximum atomic E-state index is 9.29. The van der Waals surface area contributed by atoms with Gasteiger partial charge in [-0.05, 0) is 48.9 Å². The number of rotatable bonds is 7. The molecule has 5 heteroatoms. The van der Waals surface area contributed by atoms with Crippen LogP contribution in [0, 0.1) is 5.92 Å². The minimum Gasteiger partial charge on any atom is -0.396 e. The van der Waals surface area contributed by atoms with Crippen LogP contribution in [0.3, 0.4) is 0 Å². The number of anilines is 1. The monoisotopic (exact) mass is 380 g/mol. The van der Waals surface area contributed by atoms with E-state index in [1.54, 1.807) is 0 Å². The van der Waals surface area contributed by atoms with Gasteiger partial charge in [-0.25, -0.2) is 4.99 Å².